The number of carbonyl (C=O) groups is 1. The largest absolute Gasteiger partial charge is 0.346 e. The van der Waals surface area contributed by atoms with E-state index in [4.69, 9.17) is 0 Å². The average Bonchev–Trinajstić information content (AvgIpc) is 2.84. The summed E-state index contributed by atoms with van der Waals surface area (Å²) in [7, 11) is 0. The summed E-state index contributed by atoms with van der Waals surface area (Å²) >= 11 is 0. The van der Waals surface area contributed by atoms with Gasteiger partial charge in [-0.15, -0.1) is 5.10 Å². The minimum atomic E-state index is -0.228. The lowest BCUT2D eigenvalue weighted by Crippen LogP contribution is -2.46. The number of nitrogens with one attached hydrogen (secondary N) is 2. The average molecular weight is 274 g/mol. The van der Waals surface area contributed by atoms with Crippen LogP contribution in [-0.4, -0.2) is 44.1 Å². The summed E-state index contributed by atoms with van der Waals surface area (Å²) in [5.41, 5.74) is 0.900. The first-order chi connectivity index (χ1) is 9.63. The molecule has 0 bridgehead atoms. The molecule has 2 aromatic rings. The molecule has 2 unspecified atom stereocenters. The first-order valence-corrected chi connectivity index (χ1v) is 6.86. The molecule has 1 aliphatic rings. The van der Waals surface area contributed by atoms with Gasteiger partial charge in [0.25, 0.3) is 11.7 Å². The predicted octanol–water partition coefficient (Wildman–Crippen LogP) is 0.303. The van der Waals surface area contributed by atoms with Crippen LogP contribution in [0.15, 0.2) is 12.3 Å². The van der Waals surface area contributed by atoms with Gasteiger partial charge in [-0.1, -0.05) is 0 Å². The molecule has 0 saturated carbocycles. The number of hydrogen-bond acceptors (Lipinski definition) is 5. The second kappa shape index (κ2) is 5.16. The molecule has 7 heteroatoms. The second-order valence-corrected chi connectivity index (χ2v) is 5.28. The highest BCUT2D eigenvalue weighted by molar-refractivity contribution is 5.91. The summed E-state index contributed by atoms with van der Waals surface area (Å²) in [6.45, 7) is 4.94. The molecule has 2 atom stereocenters. The molecule has 3 heterocycles. The van der Waals surface area contributed by atoms with E-state index in [-0.39, 0.29) is 17.8 Å². The Bertz CT molecular complexity index is 637. The number of nitrogens with zero attached hydrogens (tertiary/aromatic N) is 4. The summed E-state index contributed by atoms with van der Waals surface area (Å²) in [6, 6.07) is 2.43. The standard InChI is InChI=1S/C13H18N6O/c1-8-7-10(4-6-14-8)16-12(20)11-17-13-15-5-3-9(2)19(13)18-11/h3,5,8,10,14H,4,6-7H2,1-2H3,(H,16,20). The molecule has 3 rings (SSSR count). The summed E-state index contributed by atoms with van der Waals surface area (Å²) in [5, 5.41) is 10.6. The van der Waals surface area contributed by atoms with Crippen LogP contribution < -0.4 is 10.6 Å². The molecule has 106 valence electrons. The smallest absolute Gasteiger partial charge is 0.291 e. The first-order valence-electron chi connectivity index (χ1n) is 6.86. The normalized spacial score (nSPS) is 22.9. The maximum atomic E-state index is 12.2. The Hall–Kier alpha value is -2.02. The Labute approximate surface area is 116 Å². The highest BCUT2D eigenvalue weighted by Gasteiger charge is 2.22. The van der Waals surface area contributed by atoms with Crippen molar-refractivity contribution >= 4 is 11.7 Å². The van der Waals surface area contributed by atoms with Gasteiger partial charge in [-0.3, -0.25) is 4.79 Å². The molecular formula is C13H18N6O. The van der Waals surface area contributed by atoms with E-state index in [9.17, 15) is 4.79 Å². The number of hydrogen-bond donors (Lipinski definition) is 2. The fraction of sp³-hybridized carbons (Fsp3) is 0.538. The van der Waals surface area contributed by atoms with Crippen molar-refractivity contribution in [2.45, 2.75) is 38.8 Å². The second-order valence-electron chi connectivity index (χ2n) is 5.28. The van der Waals surface area contributed by atoms with Gasteiger partial charge in [0, 0.05) is 24.0 Å². The molecule has 0 aliphatic carbocycles. The van der Waals surface area contributed by atoms with E-state index in [2.05, 4.69) is 32.6 Å². The fourth-order valence-electron chi connectivity index (χ4n) is 2.52. The predicted molar refractivity (Wildman–Crippen MR) is 73.5 cm³/mol. The van der Waals surface area contributed by atoms with E-state index in [1.807, 2.05) is 13.0 Å². The van der Waals surface area contributed by atoms with Crippen LogP contribution in [-0.2, 0) is 0 Å². The van der Waals surface area contributed by atoms with Crippen LogP contribution in [0.2, 0.25) is 0 Å². The van der Waals surface area contributed by atoms with Gasteiger partial charge in [-0.05, 0) is 39.3 Å². The maximum absolute atomic E-state index is 12.2. The van der Waals surface area contributed by atoms with Crippen molar-refractivity contribution in [3.05, 3.63) is 23.8 Å². The number of piperidine rings is 1. The van der Waals surface area contributed by atoms with Gasteiger partial charge in [0.2, 0.25) is 5.82 Å². The molecule has 20 heavy (non-hydrogen) atoms. The van der Waals surface area contributed by atoms with Crippen LogP contribution in [0.3, 0.4) is 0 Å². The van der Waals surface area contributed by atoms with Crippen molar-refractivity contribution < 1.29 is 4.79 Å². The van der Waals surface area contributed by atoms with Crippen molar-refractivity contribution in [2.75, 3.05) is 6.54 Å². The van der Waals surface area contributed by atoms with Crippen LogP contribution in [0, 0.1) is 6.92 Å². The Morgan fingerprint density at radius 2 is 2.40 bits per heavy atom. The van der Waals surface area contributed by atoms with Crippen molar-refractivity contribution in [1.82, 2.24) is 30.2 Å². The number of aromatic nitrogens is 4. The third-order valence-electron chi connectivity index (χ3n) is 3.59. The number of aryl methyl sites for hydroxylation is 1. The van der Waals surface area contributed by atoms with E-state index in [0.29, 0.717) is 11.8 Å². The zero-order chi connectivity index (χ0) is 14.1. The Morgan fingerprint density at radius 3 is 3.15 bits per heavy atom. The van der Waals surface area contributed by atoms with Crippen LogP contribution in [0.5, 0.6) is 0 Å². The van der Waals surface area contributed by atoms with Gasteiger partial charge in [-0.2, -0.15) is 4.98 Å². The van der Waals surface area contributed by atoms with Gasteiger partial charge in [-0.25, -0.2) is 9.50 Å². The quantitative estimate of drug-likeness (QED) is 0.823. The lowest BCUT2D eigenvalue weighted by molar-refractivity contribution is 0.0915. The number of rotatable bonds is 2. The Balaban J connectivity index is 1.77. The monoisotopic (exact) mass is 274 g/mol. The molecule has 2 N–H and O–H groups in total. The van der Waals surface area contributed by atoms with E-state index in [0.717, 1.165) is 25.1 Å². The van der Waals surface area contributed by atoms with Crippen molar-refractivity contribution in [2.24, 2.45) is 0 Å². The summed E-state index contributed by atoms with van der Waals surface area (Å²) in [4.78, 5) is 20.5. The van der Waals surface area contributed by atoms with Crippen LogP contribution in [0.1, 0.15) is 36.1 Å². The van der Waals surface area contributed by atoms with E-state index in [1.165, 1.54) is 0 Å². The van der Waals surface area contributed by atoms with Crippen LogP contribution in [0.25, 0.3) is 5.78 Å². The Kier molecular flexibility index (Phi) is 3.35. The zero-order valence-corrected chi connectivity index (χ0v) is 11.6. The van der Waals surface area contributed by atoms with Gasteiger partial charge >= 0.3 is 0 Å². The fourth-order valence-corrected chi connectivity index (χ4v) is 2.52. The van der Waals surface area contributed by atoms with Gasteiger partial charge in [0.05, 0.1) is 0 Å². The highest BCUT2D eigenvalue weighted by Crippen LogP contribution is 2.09. The van der Waals surface area contributed by atoms with Gasteiger partial charge in [0.15, 0.2) is 0 Å². The SMILES string of the molecule is Cc1ccnc2nc(C(=O)NC3CCNC(C)C3)nn12. The molecule has 0 spiro atoms. The van der Waals surface area contributed by atoms with Crippen molar-refractivity contribution in [3.8, 4) is 0 Å². The third-order valence-corrected chi connectivity index (χ3v) is 3.59. The van der Waals surface area contributed by atoms with Gasteiger partial charge in [0.1, 0.15) is 0 Å². The summed E-state index contributed by atoms with van der Waals surface area (Å²) in [5.74, 6) is 0.404. The molecule has 0 aromatic carbocycles. The number of amides is 1. The maximum Gasteiger partial charge on any atom is 0.291 e. The minimum absolute atomic E-state index is 0.179. The Morgan fingerprint density at radius 1 is 1.55 bits per heavy atom. The van der Waals surface area contributed by atoms with E-state index < -0.39 is 0 Å². The number of carbonyl (C=O) groups excluding carboxylic acids is 1. The van der Waals surface area contributed by atoms with Crippen molar-refractivity contribution in [3.63, 3.8) is 0 Å². The molecule has 1 saturated heterocycles. The molecule has 1 aliphatic heterocycles. The van der Waals surface area contributed by atoms with Gasteiger partial charge < -0.3 is 10.6 Å². The highest BCUT2D eigenvalue weighted by atomic mass is 16.2. The lowest BCUT2D eigenvalue weighted by Gasteiger charge is -2.28. The molecular weight excluding hydrogens is 256 g/mol. The zero-order valence-electron chi connectivity index (χ0n) is 11.6. The molecule has 2 aromatic heterocycles. The topological polar surface area (TPSA) is 84.2 Å². The minimum Gasteiger partial charge on any atom is -0.346 e. The lowest BCUT2D eigenvalue weighted by atomic mass is 10.0. The molecule has 7 nitrogen and oxygen atoms in total. The molecule has 1 fully saturated rings. The number of fused-ring (bicyclic) bond motifs is 1. The summed E-state index contributed by atoms with van der Waals surface area (Å²) in [6.07, 6.45) is 3.52. The van der Waals surface area contributed by atoms with Crippen LogP contribution in [0.4, 0.5) is 0 Å². The first kappa shape index (κ1) is 13.0. The van der Waals surface area contributed by atoms with E-state index >= 15 is 0 Å². The van der Waals surface area contributed by atoms with Crippen LogP contribution >= 0.6 is 0 Å². The van der Waals surface area contributed by atoms with Crippen molar-refractivity contribution in [1.29, 1.82) is 0 Å². The van der Waals surface area contributed by atoms with E-state index in [1.54, 1.807) is 10.7 Å². The summed E-state index contributed by atoms with van der Waals surface area (Å²) < 4.78 is 1.58. The molecule has 0 radical (unpaired) electrons. The molecule has 1 amide bonds. The third kappa shape index (κ3) is 2.49.